The van der Waals surface area contributed by atoms with Crippen LogP contribution in [-0.2, 0) is 11.3 Å². The maximum Gasteiger partial charge on any atom is 0.270 e. The lowest BCUT2D eigenvalue weighted by atomic mass is 10.2. The Balaban J connectivity index is 2.42. The van der Waals surface area contributed by atoms with Crippen LogP contribution in [0.2, 0.25) is 0 Å². The monoisotopic (exact) mass is 248 g/mol. The molecule has 0 unspecified atom stereocenters. The largest absolute Gasteiger partial charge is 0.548 e. The number of tetrazole rings is 1. The van der Waals surface area contributed by atoms with Gasteiger partial charge in [-0.15, -0.1) is 5.10 Å². The number of carboxylic acids is 1. The van der Waals surface area contributed by atoms with E-state index in [2.05, 4.69) is 15.5 Å². The van der Waals surface area contributed by atoms with Crippen molar-refractivity contribution in [2.75, 3.05) is 0 Å². The highest BCUT2D eigenvalue weighted by Crippen LogP contribution is 2.21. The number of benzene rings is 1. The Morgan fingerprint density at radius 1 is 1.44 bits per heavy atom. The van der Waals surface area contributed by atoms with Crippen molar-refractivity contribution in [1.82, 2.24) is 20.2 Å². The average molecular weight is 248 g/mol. The summed E-state index contributed by atoms with van der Waals surface area (Å²) in [5.74, 6) is -1.23. The Morgan fingerprint density at radius 2 is 2.22 bits per heavy atom. The van der Waals surface area contributed by atoms with Crippen LogP contribution < -0.4 is 5.11 Å². The van der Waals surface area contributed by atoms with Crippen LogP contribution in [0.15, 0.2) is 24.3 Å². The Kier molecular flexibility index (Phi) is 2.96. The number of hydrogen-bond donors (Lipinski definition) is 0. The molecule has 9 heteroatoms. The highest BCUT2D eigenvalue weighted by atomic mass is 16.6. The van der Waals surface area contributed by atoms with Crippen molar-refractivity contribution in [2.24, 2.45) is 0 Å². The molecule has 0 radical (unpaired) electrons. The molecule has 0 fully saturated rings. The minimum atomic E-state index is -1.35. The summed E-state index contributed by atoms with van der Waals surface area (Å²) in [6.45, 7) is -0.523. The first kappa shape index (κ1) is 11.6. The van der Waals surface area contributed by atoms with Gasteiger partial charge in [0, 0.05) is 17.7 Å². The van der Waals surface area contributed by atoms with Gasteiger partial charge in [0.15, 0.2) is 5.82 Å². The lowest BCUT2D eigenvalue weighted by Crippen LogP contribution is -2.28. The zero-order valence-corrected chi connectivity index (χ0v) is 8.89. The fourth-order valence-corrected chi connectivity index (χ4v) is 1.40. The van der Waals surface area contributed by atoms with Gasteiger partial charge in [-0.05, 0) is 10.4 Å². The fraction of sp³-hybridized carbons (Fsp3) is 0.111. The maximum absolute atomic E-state index is 10.6. The molecule has 0 saturated heterocycles. The number of hydrogen-bond acceptors (Lipinski definition) is 7. The van der Waals surface area contributed by atoms with Crippen LogP contribution in [0.25, 0.3) is 11.4 Å². The number of aromatic nitrogens is 4. The Labute approximate surface area is 99.8 Å². The summed E-state index contributed by atoms with van der Waals surface area (Å²) in [7, 11) is 0. The second kappa shape index (κ2) is 4.57. The van der Waals surface area contributed by atoms with E-state index < -0.39 is 17.4 Å². The van der Waals surface area contributed by atoms with Crippen LogP contribution in [-0.4, -0.2) is 31.1 Å². The van der Waals surface area contributed by atoms with Gasteiger partial charge >= 0.3 is 0 Å². The van der Waals surface area contributed by atoms with E-state index in [9.17, 15) is 20.0 Å². The average Bonchev–Trinajstić information content (AvgIpc) is 2.76. The minimum Gasteiger partial charge on any atom is -0.548 e. The third-order valence-corrected chi connectivity index (χ3v) is 2.13. The highest BCUT2D eigenvalue weighted by molar-refractivity contribution is 5.66. The first-order chi connectivity index (χ1) is 8.58. The van der Waals surface area contributed by atoms with Crippen molar-refractivity contribution >= 4 is 11.7 Å². The molecule has 0 saturated carbocycles. The van der Waals surface area contributed by atoms with Gasteiger partial charge < -0.3 is 9.90 Å². The van der Waals surface area contributed by atoms with Crippen LogP contribution in [0.4, 0.5) is 5.69 Å². The summed E-state index contributed by atoms with van der Waals surface area (Å²) >= 11 is 0. The summed E-state index contributed by atoms with van der Waals surface area (Å²) < 4.78 is 0.994. The van der Waals surface area contributed by atoms with Crippen LogP contribution in [0.5, 0.6) is 0 Å². The zero-order valence-electron chi connectivity index (χ0n) is 8.89. The molecule has 18 heavy (non-hydrogen) atoms. The van der Waals surface area contributed by atoms with Crippen molar-refractivity contribution in [3.05, 3.63) is 34.4 Å². The predicted octanol–water partition coefficient (Wildman–Crippen LogP) is -1.00. The molecule has 92 valence electrons. The molecule has 0 aliphatic heterocycles. The van der Waals surface area contributed by atoms with Crippen molar-refractivity contribution < 1.29 is 14.8 Å². The van der Waals surface area contributed by atoms with Crippen LogP contribution in [0.3, 0.4) is 0 Å². The van der Waals surface area contributed by atoms with E-state index >= 15 is 0 Å². The summed E-state index contributed by atoms with van der Waals surface area (Å²) in [6, 6.07) is 5.59. The molecule has 1 heterocycles. The molecule has 1 aromatic carbocycles. The lowest BCUT2D eigenvalue weighted by Gasteiger charge is -2.04. The van der Waals surface area contributed by atoms with Crippen molar-refractivity contribution in [1.29, 1.82) is 0 Å². The molecule has 0 atom stereocenters. The molecule has 2 aromatic rings. The first-order valence-electron chi connectivity index (χ1n) is 4.79. The Hall–Kier alpha value is -2.84. The number of carboxylic acid groups (broad SMARTS) is 1. The quantitative estimate of drug-likeness (QED) is 0.501. The van der Waals surface area contributed by atoms with E-state index in [-0.39, 0.29) is 11.5 Å². The third kappa shape index (κ3) is 2.29. The number of aliphatic carboxylic acids is 1. The topological polar surface area (TPSA) is 127 Å². The van der Waals surface area contributed by atoms with Crippen LogP contribution >= 0.6 is 0 Å². The predicted molar refractivity (Wildman–Crippen MR) is 54.9 cm³/mol. The van der Waals surface area contributed by atoms with Gasteiger partial charge in [-0.25, -0.2) is 4.68 Å². The molecule has 0 N–H and O–H groups in total. The number of carbonyl (C=O) groups excluding carboxylic acids is 1. The van der Waals surface area contributed by atoms with Gasteiger partial charge in [-0.2, -0.15) is 0 Å². The Bertz CT molecular complexity index is 609. The van der Waals surface area contributed by atoms with E-state index in [0.717, 1.165) is 4.68 Å². The minimum absolute atomic E-state index is 0.128. The van der Waals surface area contributed by atoms with Gasteiger partial charge in [0.05, 0.1) is 17.4 Å². The summed E-state index contributed by atoms with van der Waals surface area (Å²) in [5, 5.41) is 31.5. The molecule has 0 aliphatic carbocycles. The van der Waals surface area contributed by atoms with Crippen molar-refractivity contribution in [3.8, 4) is 11.4 Å². The highest BCUT2D eigenvalue weighted by Gasteiger charge is 2.12. The first-order valence-corrected chi connectivity index (χ1v) is 4.79. The molecule has 1 aromatic heterocycles. The molecule has 0 bridgehead atoms. The van der Waals surface area contributed by atoms with Gasteiger partial charge in [0.1, 0.15) is 0 Å². The summed E-state index contributed by atoms with van der Waals surface area (Å²) in [5.41, 5.74) is 0.228. The smallest absolute Gasteiger partial charge is 0.270 e. The molecule has 0 spiro atoms. The van der Waals surface area contributed by atoms with Gasteiger partial charge in [-0.1, -0.05) is 12.1 Å². The second-order valence-electron chi connectivity index (χ2n) is 3.34. The number of rotatable bonds is 4. The molecular weight excluding hydrogens is 242 g/mol. The Morgan fingerprint density at radius 3 is 2.89 bits per heavy atom. The van der Waals surface area contributed by atoms with E-state index in [1.54, 1.807) is 6.07 Å². The summed E-state index contributed by atoms with van der Waals surface area (Å²) in [4.78, 5) is 20.6. The number of carbonyl (C=O) groups is 1. The van der Waals surface area contributed by atoms with E-state index in [1.807, 2.05) is 0 Å². The molecular formula is C9H6N5O4-. The van der Waals surface area contributed by atoms with E-state index in [1.165, 1.54) is 18.2 Å². The standard InChI is InChI=1S/C9H7N5O4/c15-8(16)5-13-9(10-11-12-13)6-2-1-3-7(4-6)14(17)18/h1-4H,5H2,(H,15,16)/p-1. The van der Waals surface area contributed by atoms with E-state index in [0.29, 0.717) is 5.56 Å². The van der Waals surface area contributed by atoms with E-state index in [4.69, 9.17) is 0 Å². The molecule has 2 rings (SSSR count). The third-order valence-electron chi connectivity index (χ3n) is 2.13. The number of non-ortho nitro benzene ring substituents is 1. The number of nitro benzene ring substituents is 1. The zero-order chi connectivity index (χ0) is 13.1. The molecule has 0 aliphatic rings. The van der Waals surface area contributed by atoms with Crippen molar-refractivity contribution in [3.63, 3.8) is 0 Å². The maximum atomic E-state index is 10.6. The number of nitro groups is 1. The SMILES string of the molecule is O=C([O-])Cn1nnnc1-c1cccc([N+](=O)[O-])c1. The van der Waals surface area contributed by atoms with Crippen molar-refractivity contribution in [2.45, 2.75) is 6.54 Å². The molecule has 0 amide bonds. The van der Waals surface area contributed by atoms with Gasteiger partial charge in [-0.3, -0.25) is 10.1 Å². The van der Waals surface area contributed by atoms with Gasteiger partial charge in [0.25, 0.3) is 5.69 Å². The van der Waals surface area contributed by atoms with Crippen LogP contribution in [0, 0.1) is 10.1 Å². The van der Waals surface area contributed by atoms with Gasteiger partial charge in [0.2, 0.25) is 0 Å². The second-order valence-corrected chi connectivity index (χ2v) is 3.34. The van der Waals surface area contributed by atoms with Crippen LogP contribution in [0.1, 0.15) is 0 Å². The fourth-order valence-electron chi connectivity index (χ4n) is 1.40. The summed E-state index contributed by atoms with van der Waals surface area (Å²) in [6.07, 6.45) is 0. The lowest BCUT2D eigenvalue weighted by molar-refractivity contribution is -0.384. The molecule has 9 nitrogen and oxygen atoms in total. The number of nitrogens with zero attached hydrogens (tertiary/aromatic N) is 5. The normalized spacial score (nSPS) is 10.2.